The quantitative estimate of drug-likeness (QED) is 0.680. The van der Waals surface area contributed by atoms with Crippen molar-refractivity contribution in [1.29, 1.82) is 0 Å². The van der Waals surface area contributed by atoms with E-state index < -0.39 is 0 Å². The molecule has 12 heavy (non-hydrogen) atoms. The molecule has 0 radical (unpaired) electrons. The maximum Gasteiger partial charge on any atom is 0.102 e. The zero-order valence-corrected chi connectivity index (χ0v) is 7.90. The van der Waals surface area contributed by atoms with E-state index in [9.17, 15) is 0 Å². The first-order valence-corrected chi connectivity index (χ1v) is 5.02. The van der Waals surface area contributed by atoms with Gasteiger partial charge in [-0.15, -0.1) is 11.8 Å². The normalized spacial score (nSPS) is 10.8. The van der Waals surface area contributed by atoms with Gasteiger partial charge in [0.25, 0.3) is 0 Å². The summed E-state index contributed by atoms with van der Waals surface area (Å²) in [6, 6.07) is 4.00. The number of thioether (sulfide) groups is 1. The molecule has 0 aliphatic heterocycles. The molecule has 2 rings (SSSR count). The van der Waals surface area contributed by atoms with Crippen molar-refractivity contribution in [2.45, 2.75) is 11.8 Å². The van der Waals surface area contributed by atoms with E-state index in [1.54, 1.807) is 11.8 Å². The Bertz CT molecular complexity index is 406. The molecule has 0 saturated carbocycles. The van der Waals surface area contributed by atoms with Crippen LogP contribution in [0.3, 0.4) is 0 Å². The molecule has 1 N–H and O–H groups in total. The highest BCUT2D eigenvalue weighted by Crippen LogP contribution is 2.27. The molecule has 0 unspecified atom stereocenters. The van der Waals surface area contributed by atoms with Gasteiger partial charge in [-0.3, -0.25) is 4.98 Å². The molecule has 2 aromatic heterocycles. The van der Waals surface area contributed by atoms with Gasteiger partial charge >= 0.3 is 0 Å². The number of H-pyrrole nitrogens is 1. The second kappa shape index (κ2) is 2.83. The number of nitrogens with one attached hydrogen (secondary N) is 1. The average Bonchev–Trinajstić information content (AvgIpc) is 2.40. The van der Waals surface area contributed by atoms with Gasteiger partial charge in [-0.05, 0) is 25.3 Å². The molecule has 0 fully saturated rings. The Morgan fingerprint density at radius 3 is 3.08 bits per heavy atom. The van der Waals surface area contributed by atoms with E-state index in [-0.39, 0.29) is 0 Å². The average molecular weight is 178 g/mol. The van der Waals surface area contributed by atoms with E-state index in [1.165, 1.54) is 10.6 Å². The minimum atomic E-state index is 1.09. The Labute approximate surface area is 75.4 Å². The number of pyridine rings is 1. The highest BCUT2D eigenvalue weighted by molar-refractivity contribution is 7.98. The summed E-state index contributed by atoms with van der Waals surface area (Å²) in [7, 11) is 0. The molecule has 2 nitrogen and oxygen atoms in total. The van der Waals surface area contributed by atoms with Crippen LogP contribution in [0.2, 0.25) is 0 Å². The lowest BCUT2D eigenvalue weighted by molar-refractivity contribution is 1.23. The molecule has 0 aliphatic carbocycles. The molecule has 0 spiro atoms. The highest BCUT2D eigenvalue weighted by Gasteiger charge is 2.06. The lowest BCUT2D eigenvalue weighted by Gasteiger charge is -1.92. The van der Waals surface area contributed by atoms with Crippen LogP contribution in [0, 0.1) is 6.92 Å². The van der Waals surface area contributed by atoms with Crippen LogP contribution in [0.15, 0.2) is 23.2 Å². The fraction of sp³-hybridized carbons (Fsp3) is 0.222. The molecule has 2 aromatic rings. The molecular formula is C9H10N2S. The maximum atomic E-state index is 4.32. The van der Waals surface area contributed by atoms with Crippen LogP contribution in [-0.4, -0.2) is 16.2 Å². The van der Waals surface area contributed by atoms with Gasteiger partial charge in [0, 0.05) is 11.9 Å². The topological polar surface area (TPSA) is 28.7 Å². The van der Waals surface area contributed by atoms with Crippen molar-refractivity contribution < 1.29 is 0 Å². The Kier molecular flexibility index (Phi) is 1.81. The first-order valence-electron chi connectivity index (χ1n) is 3.80. The molecule has 0 aliphatic rings. The van der Waals surface area contributed by atoms with Crippen molar-refractivity contribution in [1.82, 2.24) is 9.97 Å². The summed E-state index contributed by atoms with van der Waals surface area (Å²) in [6.45, 7) is 2.08. The molecule has 0 bridgehead atoms. The lowest BCUT2D eigenvalue weighted by Crippen LogP contribution is -1.73. The van der Waals surface area contributed by atoms with Crippen molar-refractivity contribution in [2.75, 3.05) is 6.26 Å². The van der Waals surface area contributed by atoms with Crippen molar-refractivity contribution in [3.8, 4) is 0 Å². The summed E-state index contributed by atoms with van der Waals surface area (Å²) in [6.07, 6.45) is 3.90. The monoisotopic (exact) mass is 178 g/mol. The van der Waals surface area contributed by atoms with Gasteiger partial charge in [0.15, 0.2) is 0 Å². The van der Waals surface area contributed by atoms with Crippen LogP contribution in [0.25, 0.3) is 11.0 Å². The largest absolute Gasteiger partial charge is 0.356 e. The second-order valence-corrected chi connectivity index (χ2v) is 3.50. The summed E-state index contributed by atoms with van der Waals surface area (Å²) in [5, 5.41) is 0. The molecule has 0 atom stereocenters. The lowest BCUT2D eigenvalue weighted by atomic mass is 10.4. The zero-order chi connectivity index (χ0) is 8.55. The van der Waals surface area contributed by atoms with Crippen LogP contribution in [0.4, 0.5) is 0 Å². The van der Waals surface area contributed by atoms with E-state index in [4.69, 9.17) is 0 Å². The van der Waals surface area contributed by atoms with Gasteiger partial charge in [-0.2, -0.15) is 0 Å². The number of aromatic amines is 1. The number of hydrogen-bond acceptors (Lipinski definition) is 2. The molecular weight excluding hydrogens is 168 g/mol. The van der Waals surface area contributed by atoms with Gasteiger partial charge in [0.1, 0.15) is 5.52 Å². The minimum absolute atomic E-state index is 1.09. The molecule has 0 aromatic carbocycles. The van der Waals surface area contributed by atoms with Gasteiger partial charge in [-0.1, -0.05) is 0 Å². The Hall–Kier alpha value is -0.960. The smallest absolute Gasteiger partial charge is 0.102 e. The van der Waals surface area contributed by atoms with E-state index in [0.29, 0.717) is 0 Å². The van der Waals surface area contributed by atoms with E-state index in [0.717, 1.165) is 11.0 Å². The van der Waals surface area contributed by atoms with Crippen molar-refractivity contribution in [3.63, 3.8) is 0 Å². The number of fused-ring (bicyclic) bond motifs is 1. The molecule has 3 heteroatoms. The second-order valence-electron chi connectivity index (χ2n) is 2.68. The Morgan fingerprint density at radius 1 is 1.50 bits per heavy atom. The van der Waals surface area contributed by atoms with Crippen molar-refractivity contribution in [2.24, 2.45) is 0 Å². The SMILES string of the molecule is CSc1c(C)[nH]c2cccnc12. The number of hydrogen-bond donors (Lipinski definition) is 1. The predicted molar refractivity (Wildman–Crippen MR) is 52.6 cm³/mol. The molecule has 2 heterocycles. The van der Waals surface area contributed by atoms with Crippen LogP contribution in [-0.2, 0) is 0 Å². The van der Waals surface area contributed by atoms with Gasteiger partial charge in [0.2, 0.25) is 0 Å². The third-order valence-electron chi connectivity index (χ3n) is 1.89. The van der Waals surface area contributed by atoms with E-state index >= 15 is 0 Å². The number of rotatable bonds is 1. The summed E-state index contributed by atoms with van der Waals surface area (Å²) < 4.78 is 0. The fourth-order valence-corrected chi connectivity index (χ4v) is 2.09. The number of aryl methyl sites for hydroxylation is 1. The third-order valence-corrected chi connectivity index (χ3v) is 2.80. The van der Waals surface area contributed by atoms with Gasteiger partial charge in [0.05, 0.1) is 10.4 Å². The van der Waals surface area contributed by atoms with E-state index in [2.05, 4.69) is 29.2 Å². The van der Waals surface area contributed by atoms with Crippen LogP contribution >= 0.6 is 11.8 Å². The first-order chi connectivity index (χ1) is 5.83. The predicted octanol–water partition coefficient (Wildman–Crippen LogP) is 2.59. The Balaban J connectivity index is 2.81. The van der Waals surface area contributed by atoms with Crippen molar-refractivity contribution in [3.05, 3.63) is 24.0 Å². The molecule has 62 valence electrons. The summed E-state index contributed by atoms with van der Waals surface area (Å²) in [4.78, 5) is 8.87. The molecule has 0 saturated heterocycles. The molecule has 0 amide bonds. The zero-order valence-electron chi connectivity index (χ0n) is 7.09. The minimum Gasteiger partial charge on any atom is -0.356 e. The summed E-state index contributed by atoms with van der Waals surface area (Å²) in [5.74, 6) is 0. The van der Waals surface area contributed by atoms with Crippen molar-refractivity contribution >= 4 is 22.8 Å². The van der Waals surface area contributed by atoms with Crippen LogP contribution in [0.5, 0.6) is 0 Å². The van der Waals surface area contributed by atoms with Crippen LogP contribution < -0.4 is 0 Å². The Morgan fingerprint density at radius 2 is 2.33 bits per heavy atom. The third kappa shape index (κ3) is 1.01. The van der Waals surface area contributed by atoms with Gasteiger partial charge in [-0.25, -0.2) is 0 Å². The number of nitrogens with zero attached hydrogens (tertiary/aromatic N) is 1. The maximum absolute atomic E-state index is 4.32. The fourth-order valence-electron chi connectivity index (χ4n) is 1.37. The van der Waals surface area contributed by atoms with Gasteiger partial charge < -0.3 is 4.98 Å². The summed E-state index contributed by atoms with van der Waals surface area (Å²) >= 11 is 1.74. The van der Waals surface area contributed by atoms with Crippen LogP contribution in [0.1, 0.15) is 5.69 Å². The highest BCUT2D eigenvalue weighted by atomic mass is 32.2. The number of aromatic nitrogens is 2. The first kappa shape index (κ1) is 7.68. The van der Waals surface area contributed by atoms with E-state index in [1.807, 2.05) is 12.3 Å². The standard InChI is InChI=1S/C9H10N2S/c1-6-9(12-2)8-7(11-6)4-3-5-10-8/h3-5,11H,1-2H3. The summed E-state index contributed by atoms with van der Waals surface area (Å²) in [5.41, 5.74) is 3.41.